The second-order valence-electron chi connectivity index (χ2n) is 5.00. The molecule has 1 aromatic carbocycles. The second kappa shape index (κ2) is 7.55. The van der Waals surface area contributed by atoms with Crippen LogP contribution in [0.5, 0.6) is 0 Å². The summed E-state index contributed by atoms with van der Waals surface area (Å²) >= 11 is 0.618. The van der Waals surface area contributed by atoms with Crippen molar-refractivity contribution in [2.45, 2.75) is 11.1 Å². The molecule has 1 aromatic heterocycles. The van der Waals surface area contributed by atoms with Gasteiger partial charge in [-0.3, -0.25) is 4.72 Å². The third-order valence-corrected chi connectivity index (χ3v) is 6.56. The fraction of sp³-hybridized carbons (Fsp3) is 0.188. The highest BCUT2D eigenvalue weighted by Crippen LogP contribution is 2.34. The number of sulfonamides is 1. The first kappa shape index (κ1) is 19.4. The van der Waals surface area contributed by atoms with Crippen LogP contribution in [0.2, 0.25) is 0 Å². The fourth-order valence-electron chi connectivity index (χ4n) is 2.12. The molecule has 0 unspecified atom stereocenters. The zero-order chi connectivity index (χ0) is 19.5. The Kier molecular flexibility index (Phi) is 5.64. The summed E-state index contributed by atoms with van der Waals surface area (Å²) in [6, 6.07) is 7.63. The number of methoxy groups -OCH3 is 2. The molecule has 8 nitrogen and oxygen atoms in total. The molecule has 0 aliphatic heterocycles. The van der Waals surface area contributed by atoms with Gasteiger partial charge in [-0.1, -0.05) is 0 Å². The highest BCUT2D eigenvalue weighted by Gasteiger charge is 2.32. The van der Waals surface area contributed by atoms with E-state index in [0.29, 0.717) is 16.9 Å². The van der Waals surface area contributed by atoms with Gasteiger partial charge >= 0.3 is 11.9 Å². The van der Waals surface area contributed by atoms with E-state index in [1.807, 2.05) is 6.07 Å². The van der Waals surface area contributed by atoms with Gasteiger partial charge in [0.2, 0.25) is 0 Å². The number of nitrogens with zero attached hydrogens (tertiary/aromatic N) is 1. The molecule has 1 N–H and O–H groups in total. The van der Waals surface area contributed by atoms with Crippen molar-refractivity contribution < 1.29 is 27.5 Å². The van der Waals surface area contributed by atoms with E-state index in [4.69, 9.17) is 5.26 Å². The summed E-state index contributed by atoms with van der Waals surface area (Å²) in [4.78, 5) is 23.9. The molecule has 136 valence electrons. The van der Waals surface area contributed by atoms with Crippen LogP contribution in [0.25, 0.3) is 0 Å². The van der Waals surface area contributed by atoms with Crippen molar-refractivity contribution in [2.24, 2.45) is 0 Å². The zero-order valence-electron chi connectivity index (χ0n) is 14.0. The Morgan fingerprint density at radius 3 is 2.19 bits per heavy atom. The maximum atomic E-state index is 12.7. The molecule has 0 atom stereocenters. The Balaban J connectivity index is 2.55. The van der Waals surface area contributed by atoms with Crippen molar-refractivity contribution in [1.29, 1.82) is 5.26 Å². The highest BCUT2D eigenvalue weighted by molar-refractivity contribution is 7.94. The largest absolute Gasteiger partial charge is 0.465 e. The molecule has 26 heavy (non-hydrogen) atoms. The SMILES string of the molecule is COC(=O)c1sc(S(=O)(=O)Nc2ccc(C#N)cc2)c(C(=O)OC)c1C. The topological polar surface area (TPSA) is 123 Å². The van der Waals surface area contributed by atoms with Crippen molar-refractivity contribution in [3.8, 4) is 6.07 Å². The summed E-state index contributed by atoms with van der Waals surface area (Å²) in [5.41, 5.74) is 0.501. The van der Waals surface area contributed by atoms with Gasteiger partial charge in [-0.15, -0.1) is 11.3 Å². The first-order valence-corrected chi connectivity index (χ1v) is 9.38. The number of hydrogen-bond acceptors (Lipinski definition) is 8. The third kappa shape index (κ3) is 3.68. The van der Waals surface area contributed by atoms with E-state index < -0.39 is 22.0 Å². The molecule has 2 aromatic rings. The summed E-state index contributed by atoms with van der Waals surface area (Å²) in [5, 5.41) is 8.79. The van der Waals surface area contributed by atoms with Crippen LogP contribution >= 0.6 is 11.3 Å². The molecule has 0 saturated heterocycles. The van der Waals surface area contributed by atoms with E-state index in [0.717, 1.165) is 14.2 Å². The molecule has 2 rings (SSSR count). The van der Waals surface area contributed by atoms with Crippen molar-refractivity contribution in [3.05, 3.63) is 45.8 Å². The zero-order valence-corrected chi connectivity index (χ0v) is 15.7. The molecule has 0 amide bonds. The van der Waals surface area contributed by atoms with E-state index in [9.17, 15) is 18.0 Å². The maximum absolute atomic E-state index is 12.7. The predicted molar refractivity (Wildman–Crippen MR) is 93.7 cm³/mol. The lowest BCUT2D eigenvalue weighted by Gasteiger charge is -2.08. The van der Waals surface area contributed by atoms with Crippen LogP contribution in [0.15, 0.2) is 28.5 Å². The Bertz CT molecular complexity index is 1000. The van der Waals surface area contributed by atoms with Crippen LogP contribution < -0.4 is 4.72 Å². The number of benzene rings is 1. The standard InChI is InChI=1S/C16H14N2O6S2/c1-9-12(14(19)23-2)16(25-13(9)15(20)24-3)26(21,22)18-11-6-4-10(8-17)5-7-11/h4-7,18H,1-3H3. The Morgan fingerprint density at radius 1 is 1.12 bits per heavy atom. The molecule has 0 aliphatic carbocycles. The summed E-state index contributed by atoms with van der Waals surface area (Å²) in [7, 11) is -1.92. The molecule has 0 bridgehead atoms. The number of ether oxygens (including phenoxy) is 2. The normalized spacial score (nSPS) is 10.7. The van der Waals surface area contributed by atoms with Crippen molar-refractivity contribution in [1.82, 2.24) is 0 Å². The molecule has 0 radical (unpaired) electrons. The minimum atomic E-state index is -4.19. The molecule has 0 fully saturated rings. The van der Waals surface area contributed by atoms with Crippen LogP contribution in [-0.4, -0.2) is 34.6 Å². The van der Waals surface area contributed by atoms with E-state index in [1.54, 1.807) is 0 Å². The Morgan fingerprint density at radius 2 is 1.69 bits per heavy atom. The Hall–Kier alpha value is -2.90. The van der Waals surface area contributed by atoms with E-state index >= 15 is 0 Å². The third-order valence-electron chi connectivity index (χ3n) is 3.39. The molecule has 0 spiro atoms. The van der Waals surface area contributed by atoms with Gasteiger partial charge in [-0.25, -0.2) is 18.0 Å². The van der Waals surface area contributed by atoms with Gasteiger partial charge in [0, 0.05) is 5.69 Å². The summed E-state index contributed by atoms with van der Waals surface area (Å²) in [6.45, 7) is 1.44. The number of rotatable bonds is 5. The molecular weight excluding hydrogens is 380 g/mol. The number of anilines is 1. The monoisotopic (exact) mass is 394 g/mol. The van der Waals surface area contributed by atoms with Crippen LogP contribution in [0.3, 0.4) is 0 Å². The minimum absolute atomic E-state index is 0.00639. The van der Waals surface area contributed by atoms with Gasteiger partial charge in [0.25, 0.3) is 10.0 Å². The summed E-state index contributed by atoms with van der Waals surface area (Å²) < 4.78 is 36.7. The average Bonchev–Trinajstić information content (AvgIpc) is 2.99. The van der Waals surface area contributed by atoms with Crippen molar-refractivity contribution >= 4 is 39.0 Å². The van der Waals surface area contributed by atoms with Gasteiger partial charge in [0.15, 0.2) is 4.21 Å². The Labute approximate surface area is 154 Å². The smallest absolute Gasteiger partial charge is 0.348 e. The van der Waals surface area contributed by atoms with Crippen molar-refractivity contribution in [2.75, 3.05) is 18.9 Å². The summed E-state index contributed by atoms with van der Waals surface area (Å²) in [6.07, 6.45) is 0. The number of nitriles is 1. The van der Waals surface area contributed by atoms with Gasteiger partial charge in [-0.05, 0) is 36.8 Å². The molecule has 0 aliphatic rings. The number of esters is 2. The van der Waals surface area contributed by atoms with E-state index in [-0.39, 0.29) is 25.9 Å². The highest BCUT2D eigenvalue weighted by atomic mass is 32.2. The number of carbonyl (C=O) groups is 2. The van der Waals surface area contributed by atoms with Crippen LogP contribution in [0.1, 0.15) is 31.2 Å². The lowest BCUT2D eigenvalue weighted by molar-refractivity contribution is 0.0596. The summed E-state index contributed by atoms with van der Waals surface area (Å²) in [5.74, 6) is -1.63. The van der Waals surface area contributed by atoms with E-state index in [1.165, 1.54) is 31.2 Å². The van der Waals surface area contributed by atoms with Crippen molar-refractivity contribution in [3.63, 3.8) is 0 Å². The van der Waals surface area contributed by atoms with Gasteiger partial charge in [0.1, 0.15) is 4.88 Å². The number of nitrogens with one attached hydrogen (secondary N) is 1. The lowest BCUT2D eigenvalue weighted by atomic mass is 10.2. The molecule has 10 heteroatoms. The first-order chi connectivity index (χ1) is 12.2. The quantitative estimate of drug-likeness (QED) is 0.772. The number of hydrogen-bond donors (Lipinski definition) is 1. The van der Waals surface area contributed by atoms with Gasteiger partial charge < -0.3 is 9.47 Å². The average molecular weight is 394 g/mol. The minimum Gasteiger partial charge on any atom is -0.465 e. The predicted octanol–water partition coefficient (Wildman–Crippen LogP) is 2.30. The second-order valence-corrected chi connectivity index (χ2v) is 7.89. The van der Waals surface area contributed by atoms with Crippen LogP contribution in [0, 0.1) is 18.3 Å². The van der Waals surface area contributed by atoms with E-state index in [2.05, 4.69) is 14.2 Å². The molecule has 0 saturated carbocycles. The van der Waals surface area contributed by atoms with Crippen LogP contribution in [0.4, 0.5) is 5.69 Å². The fourth-order valence-corrected chi connectivity index (χ4v) is 4.92. The number of thiophene rings is 1. The molecular formula is C16H14N2O6S2. The number of carbonyl (C=O) groups excluding carboxylic acids is 2. The lowest BCUT2D eigenvalue weighted by Crippen LogP contribution is -2.16. The van der Waals surface area contributed by atoms with Gasteiger partial charge in [0.05, 0.1) is 31.4 Å². The molecule has 1 heterocycles. The van der Waals surface area contributed by atoms with Gasteiger partial charge in [-0.2, -0.15) is 5.26 Å². The van der Waals surface area contributed by atoms with Crippen LogP contribution in [-0.2, 0) is 19.5 Å². The maximum Gasteiger partial charge on any atom is 0.348 e. The first-order valence-electron chi connectivity index (χ1n) is 7.08.